The van der Waals surface area contributed by atoms with Crippen LogP contribution in [-0.4, -0.2) is 50.7 Å². The molecule has 4 nitrogen and oxygen atoms in total. The van der Waals surface area contributed by atoms with Crippen molar-refractivity contribution in [1.82, 2.24) is 10.2 Å². The van der Waals surface area contributed by atoms with Crippen LogP contribution in [-0.2, 0) is 9.53 Å². The zero-order valence-corrected chi connectivity index (χ0v) is 10.4. The third-order valence-electron chi connectivity index (χ3n) is 2.55. The van der Waals surface area contributed by atoms with Crippen LogP contribution in [0.2, 0.25) is 0 Å². The van der Waals surface area contributed by atoms with Gasteiger partial charge in [-0.05, 0) is 13.1 Å². The number of likely N-dealkylation sites (N-methyl/N-ethyl adjacent to an activating group) is 1. The van der Waals surface area contributed by atoms with Gasteiger partial charge >= 0.3 is 5.97 Å². The smallest absolute Gasteiger partial charge is 0.309 e. The molecule has 1 atom stereocenters. The van der Waals surface area contributed by atoms with Gasteiger partial charge in [0.1, 0.15) is 0 Å². The predicted molar refractivity (Wildman–Crippen MR) is 61.8 cm³/mol. The Hall–Kier alpha value is -0.610. The van der Waals surface area contributed by atoms with Crippen LogP contribution in [0.4, 0.5) is 0 Å². The van der Waals surface area contributed by atoms with Crippen molar-refractivity contribution in [2.45, 2.75) is 20.8 Å². The summed E-state index contributed by atoms with van der Waals surface area (Å²) in [5.74, 6) is -0.211. The highest BCUT2D eigenvalue weighted by atomic mass is 16.5. The lowest BCUT2D eigenvalue weighted by Crippen LogP contribution is -2.35. The summed E-state index contributed by atoms with van der Waals surface area (Å²) in [7, 11) is 1.43. The molecule has 0 spiro atoms. The van der Waals surface area contributed by atoms with Gasteiger partial charge in [0, 0.05) is 19.6 Å². The highest BCUT2D eigenvalue weighted by Crippen LogP contribution is 1.94. The van der Waals surface area contributed by atoms with Gasteiger partial charge in [-0.15, -0.1) is 0 Å². The van der Waals surface area contributed by atoms with Gasteiger partial charge in [-0.1, -0.05) is 20.8 Å². The van der Waals surface area contributed by atoms with E-state index in [1.807, 2.05) is 6.92 Å². The molecule has 0 aromatic heterocycles. The molecule has 0 aromatic rings. The van der Waals surface area contributed by atoms with Crippen molar-refractivity contribution < 1.29 is 9.53 Å². The summed E-state index contributed by atoms with van der Waals surface area (Å²) in [5, 5.41) is 3.26. The molecular weight excluding hydrogens is 192 g/mol. The fourth-order valence-corrected chi connectivity index (χ4v) is 1.38. The molecule has 15 heavy (non-hydrogen) atoms. The third kappa shape index (κ3) is 6.47. The lowest BCUT2D eigenvalue weighted by Gasteiger charge is -2.18. The van der Waals surface area contributed by atoms with Crippen molar-refractivity contribution in [1.29, 1.82) is 0 Å². The molecule has 0 aromatic carbocycles. The molecule has 1 N–H and O–H groups in total. The largest absolute Gasteiger partial charge is 0.469 e. The highest BCUT2D eigenvalue weighted by molar-refractivity contribution is 5.71. The summed E-state index contributed by atoms with van der Waals surface area (Å²) < 4.78 is 4.64. The van der Waals surface area contributed by atoms with Crippen LogP contribution in [0.1, 0.15) is 20.8 Å². The number of rotatable bonds is 8. The second-order valence-corrected chi connectivity index (χ2v) is 3.66. The number of ether oxygens (including phenoxy) is 1. The Balaban J connectivity index is 3.49. The average Bonchev–Trinajstić information content (AvgIpc) is 2.27. The fraction of sp³-hybridized carbons (Fsp3) is 0.909. The van der Waals surface area contributed by atoms with Gasteiger partial charge in [0.25, 0.3) is 0 Å². The van der Waals surface area contributed by atoms with E-state index in [0.717, 1.165) is 26.2 Å². The van der Waals surface area contributed by atoms with Crippen LogP contribution in [0.15, 0.2) is 0 Å². The Morgan fingerprint density at radius 3 is 2.47 bits per heavy atom. The third-order valence-corrected chi connectivity index (χ3v) is 2.55. The van der Waals surface area contributed by atoms with E-state index in [2.05, 4.69) is 28.8 Å². The van der Waals surface area contributed by atoms with Crippen molar-refractivity contribution in [2.24, 2.45) is 5.92 Å². The molecule has 0 aliphatic heterocycles. The topological polar surface area (TPSA) is 41.6 Å². The number of hydrogen-bond donors (Lipinski definition) is 1. The van der Waals surface area contributed by atoms with Gasteiger partial charge in [-0.25, -0.2) is 0 Å². The van der Waals surface area contributed by atoms with Crippen LogP contribution >= 0.6 is 0 Å². The van der Waals surface area contributed by atoms with Gasteiger partial charge < -0.3 is 15.0 Å². The van der Waals surface area contributed by atoms with Gasteiger partial charge in [0.05, 0.1) is 13.0 Å². The Morgan fingerprint density at radius 2 is 2.00 bits per heavy atom. The van der Waals surface area contributed by atoms with Crippen LogP contribution in [0, 0.1) is 5.92 Å². The molecule has 0 heterocycles. The first-order valence-electron chi connectivity index (χ1n) is 5.66. The SMILES string of the molecule is CCN(CC)CCNC[C@H](C)C(=O)OC. The molecular formula is C11H24N2O2. The van der Waals surface area contributed by atoms with Gasteiger partial charge in [-0.3, -0.25) is 4.79 Å². The van der Waals surface area contributed by atoms with E-state index in [1.54, 1.807) is 0 Å². The molecule has 0 saturated heterocycles. The van der Waals surface area contributed by atoms with Crippen LogP contribution in [0.25, 0.3) is 0 Å². The van der Waals surface area contributed by atoms with E-state index in [1.165, 1.54) is 7.11 Å². The van der Waals surface area contributed by atoms with E-state index in [4.69, 9.17) is 0 Å². The second kappa shape index (κ2) is 8.68. The summed E-state index contributed by atoms with van der Waals surface area (Å²) in [6.45, 7) is 11.0. The van der Waals surface area contributed by atoms with Gasteiger partial charge in [-0.2, -0.15) is 0 Å². The molecule has 0 unspecified atom stereocenters. The molecule has 90 valence electrons. The first-order chi connectivity index (χ1) is 7.15. The number of hydrogen-bond acceptors (Lipinski definition) is 4. The van der Waals surface area contributed by atoms with E-state index in [-0.39, 0.29) is 11.9 Å². The lowest BCUT2D eigenvalue weighted by molar-refractivity contribution is -0.144. The summed E-state index contributed by atoms with van der Waals surface area (Å²) in [6, 6.07) is 0. The second-order valence-electron chi connectivity index (χ2n) is 3.66. The first kappa shape index (κ1) is 14.4. The molecule has 0 fully saturated rings. The molecule has 0 aliphatic rings. The quantitative estimate of drug-likeness (QED) is 0.480. The van der Waals surface area contributed by atoms with Crippen molar-refractivity contribution in [3.63, 3.8) is 0 Å². The monoisotopic (exact) mass is 216 g/mol. The number of methoxy groups -OCH3 is 1. The Bertz CT molecular complexity index is 170. The minimum absolute atomic E-state index is 0.0632. The van der Waals surface area contributed by atoms with E-state index in [9.17, 15) is 4.79 Å². The molecule has 0 bridgehead atoms. The van der Waals surface area contributed by atoms with Gasteiger partial charge in [0.15, 0.2) is 0 Å². The molecule has 4 heteroatoms. The number of carbonyl (C=O) groups is 1. The van der Waals surface area contributed by atoms with Crippen LogP contribution in [0.5, 0.6) is 0 Å². The van der Waals surface area contributed by atoms with Crippen molar-refractivity contribution in [2.75, 3.05) is 39.8 Å². The Morgan fingerprint density at radius 1 is 1.40 bits per heavy atom. The molecule has 0 amide bonds. The maximum Gasteiger partial charge on any atom is 0.309 e. The summed E-state index contributed by atoms with van der Waals surface area (Å²) in [6.07, 6.45) is 0. The van der Waals surface area contributed by atoms with Gasteiger partial charge in [0.2, 0.25) is 0 Å². The number of carbonyl (C=O) groups excluding carboxylic acids is 1. The standard InChI is InChI=1S/C11H24N2O2/c1-5-13(6-2)8-7-12-9-10(3)11(14)15-4/h10,12H,5-9H2,1-4H3/t10-/m0/s1. The van der Waals surface area contributed by atoms with Crippen molar-refractivity contribution in [3.8, 4) is 0 Å². The van der Waals surface area contributed by atoms with Crippen molar-refractivity contribution >= 4 is 5.97 Å². The predicted octanol–water partition coefficient (Wildman–Crippen LogP) is 0.727. The highest BCUT2D eigenvalue weighted by Gasteiger charge is 2.11. The summed E-state index contributed by atoms with van der Waals surface area (Å²) in [5.41, 5.74) is 0. The molecule has 0 rings (SSSR count). The molecule has 0 aliphatic carbocycles. The summed E-state index contributed by atoms with van der Waals surface area (Å²) in [4.78, 5) is 13.4. The number of nitrogens with zero attached hydrogens (tertiary/aromatic N) is 1. The first-order valence-corrected chi connectivity index (χ1v) is 5.66. The minimum atomic E-state index is -0.148. The van der Waals surface area contributed by atoms with E-state index >= 15 is 0 Å². The molecule has 0 saturated carbocycles. The van der Waals surface area contributed by atoms with E-state index in [0.29, 0.717) is 6.54 Å². The fourth-order valence-electron chi connectivity index (χ4n) is 1.38. The van der Waals surface area contributed by atoms with Crippen LogP contribution < -0.4 is 5.32 Å². The summed E-state index contributed by atoms with van der Waals surface area (Å²) >= 11 is 0. The zero-order chi connectivity index (χ0) is 11.7. The number of nitrogens with one attached hydrogen (secondary N) is 1. The Labute approximate surface area is 93.0 Å². The molecule has 0 radical (unpaired) electrons. The average molecular weight is 216 g/mol. The van der Waals surface area contributed by atoms with E-state index < -0.39 is 0 Å². The minimum Gasteiger partial charge on any atom is -0.469 e. The number of esters is 1. The Kier molecular flexibility index (Phi) is 8.33. The normalized spacial score (nSPS) is 12.9. The lowest BCUT2D eigenvalue weighted by atomic mass is 10.2. The van der Waals surface area contributed by atoms with Crippen molar-refractivity contribution in [3.05, 3.63) is 0 Å². The maximum absolute atomic E-state index is 11.1. The zero-order valence-electron chi connectivity index (χ0n) is 10.4. The maximum atomic E-state index is 11.1. The van der Waals surface area contributed by atoms with Crippen LogP contribution in [0.3, 0.4) is 0 Å².